The van der Waals surface area contributed by atoms with Gasteiger partial charge in [0.25, 0.3) is 0 Å². The first kappa shape index (κ1) is 68.6. The van der Waals surface area contributed by atoms with Gasteiger partial charge >= 0.3 is 23.9 Å². The molecule has 0 bridgehead atoms. The van der Waals surface area contributed by atoms with Gasteiger partial charge in [0, 0.05) is 101 Å². The minimum absolute atomic E-state index is 0.0368. The third kappa shape index (κ3) is 20.3. The average molecular weight is 1240 g/mol. The Morgan fingerprint density at radius 2 is 1.34 bits per heavy atom. The number of carboxylic acids is 3. The third-order valence-corrected chi connectivity index (χ3v) is 17.0. The topological polar surface area (TPSA) is 334 Å². The van der Waals surface area contributed by atoms with Crippen molar-refractivity contribution in [3.8, 4) is 0 Å². The molecule has 88 heavy (non-hydrogen) atoms. The Balaban J connectivity index is 0.918. The number of hydrogen-bond acceptors (Lipinski definition) is 14. The van der Waals surface area contributed by atoms with Gasteiger partial charge < -0.3 is 42.3 Å². The Bertz CT molecular complexity index is 3240. The van der Waals surface area contributed by atoms with Crippen LogP contribution in [0.1, 0.15) is 117 Å². The zero-order valence-corrected chi connectivity index (χ0v) is 49.9. The number of carbonyl (C=O) groups is 11. The summed E-state index contributed by atoms with van der Waals surface area (Å²) in [5.41, 5.74) is 17.6. The molecule has 2 aliphatic rings. The summed E-state index contributed by atoms with van der Waals surface area (Å²) in [5, 5.41) is 33.8. The van der Waals surface area contributed by atoms with Crippen molar-refractivity contribution in [3.05, 3.63) is 148 Å². The molecule has 0 radical (unpaired) electrons. The molecule has 6 amide bonds. The van der Waals surface area contributed by atoms with Gasteiger partial charge in [0.1, 0.15) is 35.0 Å². The lowest BCUT2D eigenvalue weighted by atomic mass is 9.93. The number of aliphatic carboxylic acids is 3. The molecular weight excluding hydrogens is 1160 g/mol. The Labute approximate surface area is 512 Å². The second-order valence-electron chi connectivity index (χ2n) is 22.2. The minimum Gasteiger partial charge on any atom is -0.481 e. The molecule has 0 aromatic heterocycles. The Hall–Kier alpha value is -8.48. The maximum absolute atomic E-state index is 15.0. The second kappa shape index (κ2) is 33.0. The van der Waals surface area contributed by atoms with E-state index in [1.165, 1.54) is 15.9 Å². The zero-order chi connectivity index (χ0) is 64.2. The van der Waals surface area contributed by atoms with Crippen molar-refractivity contribution < 1.29 is 76.8 Å². The quantitative estimate of drug-likeness (QED) is 0.0245. The van der Waals surface area contributed by atoms with Gasteiger partial charge in [0.05, 0.1) is 29.7 Å². The number of halogens is 2. The molecule has 5 unspecified atom stereocenters. The summed E-state index contributed by atoms with van der Waals surface area (Å²) in [5.74, 6) is -12.3. The molecule has 4 aromatic carbocycles. The first-order valence-electron chi connectivity index (χ1n) is 29.0. The van der Waals surface area contributed by atoms with Gasteiger partial charge in [0.15, 0.2) is 0 Å². The molecule has 1 saturated heterocycles. The van der Waals surface area contributed by atoms with Gasteiger partial charge in [-0.15, -0.1) is 11.8 Å². The van der Waals surface area contributed by atoms with E-state index in [1.54, 1.807) is 25.1 Å². The normalized spacial score (nSPS) is 16.0. The number of imide groups is 1. The number of carbonyl (C=O) groups excluding carboxylic acids is 8. The van der Waals surface area contributed by atoms with Gasteiger partial charge in [-0.2, -0.15) is 0 Å². The number of Topliss-reactive ketones (excluding diaryl/α,β-unsaturated/α-hetero) is 3. The van der Waals surface area contributed by atoms with Crippen molar-refractivity contribution in [2.45, 2.75) is 127 Å². The molecule has 1 fully saturated rings. The van der Waals surface area contributed by atoms with Crippen LogP contribution in [-0.2, 0) is 67.3 Å². The number of nitrogens with one attached hydrogen (secondary N) is 2. The number of allylic oxidation sites excluding steroid dienone is 1. The highest BCUT2D eigenvalue weighted by atomic mass is 32.2. The molecule has 24 heteroatoms. The summed E-state index contributed by atoms with van der Waals surface area (Å²) >= 11 is 0.914. The number of benzene rings is 4. The van der Waals surface area contributed by atoms with Crippen LogP contribution in [0.2, 0.25) is 0 Å². The molecule has 6 rings (SSSR count). The molecule has 0 saturated carbocycles. The number of ketones is 3. The summed E-state index contributed by atoms with van der Waals surface area (Å²) in [4.78, 5) is 145. The summed E-state index contributed by atoms with van der Waals surface area (Å²) in [6.45, 7) is 3.39. The number of hydrogen-bond donors (Lipinski definition) is 7. The Kier molecular flexibility index (Phi) is 25.8. The van der Waals surface area contributed by atoms with Crippen molar-refractivity contribution in [1.82, 2.24) is 25.3 Å². The third-order valence-electron chi connectivity index (χ3n) is 15.6. The number of amides is 6. The van der Waals surface area contributed by atoms with E-state index in [0.717, 1.165) is 45.5 Å². The molecule has 0 spiro atoms. The number of nitrogens with zero attached hydrogens (tertiary/aromatic N) is 3. The summed E-state index contributed by atoms with van der Waals surface area (Å²) in [6.07, 6.45) is -2.34. The smallest absolute Gasteiger partial charge is 0.326 e. The lowest BCUT2D eigenvalue weighted by molar-refractivity contribution is -0.145. The highest BCUT2D eigenvalue weighted by Gasteiger charge is 2.40. The van der Waals surface area contributed by atoms with Crippen molar-refractivity contribution in [2.75, 3.05) is 31.9 Å². The van der Waals surface area contributed by atoms with E-state index in [-0.39, 0.29) is 101 Å². The van der Waals surface area contributed by atoms with Gasteiger partial charge in [0.2, 0.25) is 23.6 Å². The van der Waals surface area contributed by atoms with Crippen LogP contribution in [0, 0.1) is 30.4 Å². The lowest BCUT2D eigenvalue weighted by Crippen LogP contribution is -2.49. The van der Waals surface area contributed by atoms with Crippen molar-refractivity contribution >= 4 is 82.3 Å². The summed E-state index contributed by atoms with van der Waals surface area (Å²) in [6, 6.07) is 23.6. The zero-order valence-electron chi connectivity index (χ0n) is 49.1. The van der Waals surface area contributed by atoms with Crippen molar-refractivity contribution in [1.29, 1.82) is 0 Å². The molecule has 2 heterocycles. The number of aryl methyl sites for hydroxylation is 3. The van der Waals surface area contributed by atoms with Crippen LogP contribution in [0.25, 0.3) is 5.57 Å². The fourth-order valence-electron chi connectivity index (χ4n) is 10.3. The fraction of sp³-hybridized carbons (Fsp3) is 0.422. The number of rotatable bonds is 36. The highest BCUT2D eigenvalue weighted by molar-refractivity contribution is 8.00. The maximum atomic E-state index is 15.0. The molecule has 4 aromatic rings. The van der Waals surface area contributed by atoms with Crippen LogP contribution in [-0.4, -0.2) is 144 Å². The minimum atomic E-state index is -1.56. The van der Waals surface area contributed by atoms with E-state index < -0.39 is 132 Å². The van der Waals surface area contributed by atoms with Crippen molar-refractivity contribution in [2.24, 2.45) is 23.3 Å². The van der Waals surface area contributed by atoms with E-state index in [9.17, 15) is 76.8 Å². The first-order valence-corrected chi connectivity index (χ1v) is 30.1. The molecule has 6 atom stereocenters. The standard InChI is InChI=1S/C64H75F2N7O14S/c1-38-14-16-40(17-15-38)19-26-57(77)69-28-29-72-59(79)33-56(60(72)80)88-37-45(62(83)84)32-55(76)52(67)24-22-46(74)23-25-54(63(85)86)70-58(78)27-20-44(61(81)82)31-47(75)21-18-41-8-6-11-43(30-41)48-34-71(36-53(68)42-9-4-3-5-10-42)64(87)73(39(48)2)35-49-50(65)12-7-13-51(49)66/h3-17,30,44-45,52-54,56H,18-29,31-37,67-68H2,1-2H3,(H,69,77)(H,70,78)(H,81,82)(H,83,84)(H,85,86)/t44?,45?,52?,53-,54?,56?/m0/s1. The molecule has 21 nitrogen and oxygen atoms in total. The molecular formula is C64H75F2N7O14S. The monoisotopic (exact) mass is 1240 g/mol. The average Bonchev–Trinajstić information content (AvgIpc) is 2.04. The highest BCUT2D eigenvalue weighted by Crippen LogP contribution is 2.33. The van der Waals surface area contributed by atoms with Crippen LogP contribution < -0.4 is 22.1 Å². The number of urea groups is 1. The van der Waals surface area contributed by atoms with E-state index in [4.69, 9.17) is 11.5 Å². The van der Waals surface area contributed by atoms with E-state index in [1.807, 2.05) is 67.6 Å². The fourth-order valence-corrected chi connectivity index (χ4v) is 11.5. The van der Waals surface area contributed by atoms with Gasteiger partial charge in [-0.3, -0.25) is 53.0 Å². The van der Waals surface area contributed by atoms with Crippen LogP contribution in [0.4, 0.5) is 13.6 Å². The van der Waals surface area contributed by atoms with Crippen LogP contribution in [0.15, 0.2) is 103 Å². The molecule has 9 N–H and O–H groups in total. The number of likely N-dealkylation sites (tertiary alicyclic amines) is 1. The number of thioether (sulfide) groups is 1. The predicted molar refractivity (Wildman–Crippen MR) is 321 cm³/mol. The van der Waals surface area contributed by atoms with Crippen LogP contribution in [0.5, 0.6) is 0 Å². The largest absolute Gasteiger partial charge is 0.481 e. The number of nitrogens with two attached hydrogens (primary N) is 2. The van der Waals surface area contributed by atoms with Gasteiger partial charge in [-0.1, -0.05) is 90.5 Å². The summed E-state index contributed by atoms with van der Waals surface area (Å²) in [7, 11) is 0. The van der Waals surface area contributed by atoms with E-state index in [0.29, 0.717) is 28.8 Å². The lowest BCUT2D eigenvalue weighted by Gasteiger charge is -2.39. The Morgan fingerprint density at radius 3 is 2.01 bits per heavy atom. The predicted octanol–water partition coefficient (Wildman–Crippen LogP) is 6.31. The van der Waals surface area contributed by atoms with E-state index >= 15 is 0 Å². The van der Waals surface area contributed by atoms with Crippen LogP contribution in [0.3, 0.4) is 0 Å². The Morgan fingerprint density at radius 1 is 0.682 bits per heavy atom. The molecule has 2 aliphatic heterocycles. The molecule has 0 aliphatic carbocycles. The first-order chi connectivity index (χ1) is 41.9. The van der Waals surface area contributed by atoms with Crippen molar-refractivity contribution in [3.63, 3.8) is 0 Å². The maximum Gasteiger partial charge on any atom is 0.326 e. The van der Waals surface area contributed by atoms with Crippen LogP contribution >= 0.6 is 11.8 Å². The van der Waals surface area contributed by atoms with E-state index in [2.05, 4.69) is 10.6 Å². The summed E-state index contributed by atoms with van der Waals surface area (Å²) < 4.78 is 29.9. The van der Waals surface area contributed by atoms with Gasteiger partial charge in [-0.05, 0) is 85.9 Å². The number of carboxylic acid groups (broad SMARTS) is 3. The second-order valence-corrected chi connectivity index (χ2v) is 23.4. The molecule has 470 valence electrons. The SMILES string of the molecule is CC1=C(c2cccc(CCC(=O)CC(CCC(=O)NC(CCC(=O)CCC(N)C(=O)CC(CSC3CC(=O)N(CCNC(=O)CCc4ccc(C)cc4)C3=O)C(=O)O)C(=O)O)C(=O)O)c2)CN(C[C@H](N)c2ccccc2)C(=O)N1Cc1c(F)cccc1F. The van der Waals surface area contributed by atoms with Gasteiger partial charge in [-0.25, -0.2) is 18.4 Å².